The summed E-state index contributed by atoms with van der Waals surface area (Å²) in [5.74, 6) is -0.564. The Kier molecular flexibility index (Phi) is 3.89. The van der Waals surface area contributed by atoms with Gasteiger partial charge in [0.2, 0.25) is 5.01 Å². The number of aromatic nitrogens is 1. The van der Waals surface area contributed by atoms with Crippen LogP contribution in [0.25, 0.3) is 0 Å². The van der Waals surface area contributed by atoms with E-state index in [1.54, 1.807) is 17.2 Å². The van der Waals surface area contributed by atoms with Crippen molar-refractivity contribution >= 4 is 23.2 Å². The van der Waals surface area contributed by atoms with Gasteiger partial charge in [0, 0.05) is 18.5 Å². The number of ether oxygens (including phenoxy) is 1. The number of likely N-dealkylation sites (tertiary alicyclic amines) is 1. The molecule has 1 aromatic rings. The number of hydrogen-bond acceptors (Lipinski definition) is 5. The molecular weight excluding hydrogens is 264 g/mol. The van der Waals surface area contributed by atoms with Crippen LogP contribution in [-0.2, 0) is 4.74 Å². The number of carbonyl (C=O) groups is 2. The lowest BCUT2D eigenvalue weighted by molar-refractivity contribution is 0.0526. The van der Waals surface area contributed by atoms with Crippen molar-refractivity contribution in [3.8, 4) is 0 Å². The molecule has 0 N–H and O–H groups in total. The van der Waals surface area contributed by atoms with E-state index in [0.717, 1.165) is 30.8 Å². The van der Waals surface area contributed by atoms with Crippen LogP contribution < -0.4 is 0 Å². The van der Waals surface area contributed by atoms with Crippen LogP contribution in [0.5, 0.6) is 0 Å². The Bertz CT molecular complexity index is 496. The van der Waals surface area contributed by atoms with Gasteiger partial charge in [-0.15, -0.1) is 11.3 Å². The van der Waals surface area contributed by atoms with Crippen LogP contribution in [0.3, 0.4) is 0 Å². The van der Waals surface area contributed by atoms with Crippen LogP contribution in [0.15, 0.2) is 5.38 Å². The highest BCUT2D eigenvalue weighted by atomic mass is 32.1. The van der Waals surface area contributed by atoms with Gasteiger partial charge < -0.3 is 9.64 Å². The maximum absolute atomic E-state index is 12.2. The molecule has 1 aliphatic heterocycles. The number of carbonyl (C=O) groups excluding carboxylic acids is 2. The summed E-state index contributed by atoms with van der Waals surface area (Å²) >= 11 is 1.15. The minimum Gasteiger partial charge on any atom is -0.461 e. The van der Waals surface area contributed by atoms with Gasteiger partial charge in [0.15, 0.2) is 0 Å². The Morgan fingerprint density at radius 3 is 2.84 bits per heavy atom. The van der Waals surface area contributed by atoms with Gasteiger partial charge in [-0.05, 0) is 18.8 Å². The average Bonchev–Trinajstić information content (AvgIpc) is 2.95. The third kappa shape index (κ3) is 3.12. The van der Waals surface area contributed by atoms with Crippen molar-refractivity contribution in [2.75, 3.05) is 19.7 Å². The number of thiazole rings is 1. The second kappa shape index (κ2) is 5.28. The molecule has 1 saturated heterocycles. The van der Waals surface area contributed by atoms with Gasteiger partial charge in [0.25, 0.3) is 5.91 Å². The van der Waals surface area contributed by atoms with Crippen LogP contribution in [0.4, 0.5) is 0 Å². The molecule has 2 rings (SSSR count). The van der Waals surface area contributed by atoms with E-state index >= 15 is 0 Å². The molecule has 0 aliphatic carbocycles. The van der Waals surface area contributed by atoms with E-state index in [4.69, 9.17) is 4.74 Å². The zero-order valence-corrected chi connectivity index (χ0v) is 12.2. The molecule has 0 radical (unpaired) electrons. The fourth-order valence-electron chi connectivity index (χ4n) is 2.11. The summed E-state index contributed by atoms with van der Waals surface area (Å²) in [7, 11) is 0. The Labute approximate surface area is 116 Å². The van der Waals surface area contributed by atoms with Crippen molar-refractivity contribution in [1.29, 1.82) is 0 Å². The summed E-state index contributed by atoms with van der Waals surface area (Å²) in [6, 6.07) is 0. The van der Waals surface area contributed by atoms with Gasteiger partial charge >= 0.3 is 5.97 Å². The predicted molar refractivity (Wildman–Crippen MR) is 72.4 cm³/mol. The van der Waals surface area contributed by atoms with Gasteiger partial charge in [0.1, 0.15) is 5.69 Å². The van der Waals surface area contributed by atoms with E-state index < -0.39 is 5.97 Å². The van der Waals surface area contributed by atoms with Crippen LogP contribution in [-0.4, -0.2) is 41.5 Å². The minimum absolute atomic E-state index is 0.0997. The third-order valence-corrected chi connectivity index (χ3v) is 3.96. The molecule has 1 aromatic heterocycles. The first-order chi connectivity index (χ1) is 8.93. The number of rotatable bonds is 3. The van der Waals surface area contributed by atoms with E-state index in [2.05, 4.69) is 18.8 Å². The van der Waals surface area contributed by atoms with E-state index in [-0.39, 0.29) is 16.3 Å². The first kappa shape index (κ1) is 14.0. The molecule has 0 unspecified atom stereocenters. The standard InChI is InChI=1S/C13H18N2O3S/c1-4-18-12(17)10-14-9(7-19-10)11(16)15-6-5-13(2,3)8-15/h7H,4-6,8H2,1-3H3. The number of hydrogen-bond donors (Lipinski definition) is 0. The number of amides is 1. The third-order valence-electron chi connectivity index (χ3n) is 3.14. The molecule has 1 aliphatic rings. The maximum Gasteiger partial charge on any atom is 0.367 e. The van der Waals surface area contributed by atoms with Gasteiger partial charge in [0.05, 0.1) is 6.61 Å². The number of esters is 1. The van der Waals surface area contributed by atoms with Gasteiger partial charge in [-0.1, -0.05) is 13.8 Å². The molecule has 0 aromatic carbocycles. The smallest absolute Gasteiger partial charge is 0.367 e. The molecule has 104 valence electrons. The predicted octanol–water partition coefficient (Wildman–Crippen LogP) is 2.19. The molecule has 1 amide bonds. The fourth-order valence-corrected chi connectivity index (χ4v) is 2.79. The lowest BCUT2D eigenvalue weighted by atomic mass is 9.93. The number of nitrogens with zero attached hydrogens (tertiary/aromatic N) is 2. The minimum atomic E-state index is -0.465. The van der Waals surface area contributed by atoms with Crippen molar-refractivity contribution in [1.82, 2.24) is 9.88 Å². The Hall–Kier alpha value is -1.43. The lowest BCUT2D eigenvalue weighted by Gasteiger charge is -2.18. The monoisotopic (exact) mass is 282 g/mol. The SMILES string of the molecule is CCOC(=O)c1nc(C(=O)N2CCC(C)(C)C2)cs1. The highest BCUT2D eigenvalue weighted by Gasteiger charge is 2.33. The highest BCUT2D eigenvalue weighted by Crippen LogP contribution is 2.29. The molecule has 5 nitrogen and oxygen atoms in total. The molecule has 0 saturated carbocycles. The fraction of sp³-hybridized carbons (Fsp3) is 0.615. The molecule has 0 atom stereocenters. The van der Waals surface area contributed by atoms with E-state index in [0.29, 0.717) is 12.3 Å². The molecule has 2 heterocycles. The lowest BCUT2D eigenvalue weighted by Crippen LogP contribution is -2.30. The first-order valence-corrected chi connectivity index (χ1v) is 7.23. The quantitative estimate of drug-likeness (QED) is 0.797. The van der Waals surface area contributed by atoms with Crippen molar-refractivity contribution in [2.24, 2.45) is 5.41 Å². The van der Waals surface area contributed by atoms with Crippen molar-refractivity contribution in [3.05, 3.63) is 16.1 Å². The summed E-state index contributed by atoms with van der Waals surface area (Å²) in [5, 5.41) is 1.86. The van der Waals surface area contributed by atoms with Crippen LogP contribution >= 0.6 is 11.3 Å². The second-order valence-electron chi connectivity index (χ2n) is 5.40. The normalized spacial score (nSPS) is 17.5. The van der Waals surface area contributed by atoms with Gasteiger partial charge in [-0.25, -0.2) is 9.78 Å². The van der Waals surface area contributed by atoms with Crippen molar-refractivity contribution in [3.63, 3.8) is 0 Å². The first-order valence-electron chi connectivity index (χ1n) is 6.35. The van der Waals surface area contributed by atoms with Crippen LogP contribution in [0, 0.1) is 5.41 Å². The zero-order valence-electron chi connectivity index (χ0n) is 11.4. The van der Waals surface area contributed by atoms with Crippen molar-refractivity contribution in [2.45, 2.75) is 27.2 Å². The molecule has 1 fully saturated rings. The molecule has 6 heteroatoms. The Balaban J connectivity index is 2.07. The summed E-state index contributed by atoms with van der Waals surface area (Å²) in [6.07, 6.45) is 0.994. The Morgan fingerprint density at radius 2 is 2.26 bits per heavy atom. The molecule has 0 bridgehead atoms. The van der Waals surface area contributed by atoms with Crippen molar-refractivity contribution < 1.29 is 14.3 Å². The summed E-state index contributed by atoms with van der Waals surface area (Å²) < 4.78 is 4.86. The van der Waals surface area contributed by atoms with Gasteiger partial charge in [-0.3, -0.25) is 4.79 Å². The average molecular weight is 282 g/mol. The highest BCUT2D eigenvalue weighted by molar-refractivity contribution is 7.11. The second-order valence-corrected chi connectivity index (χ2v) is 6.26. The van der Waals surface area contributed by atoms with Crippen LogP contribution in [0.2, 0.25) is 0 Å². The Morgan fingerprint density at radius 1 is 1.53 bits per heavy atom. The van der Waals surface area contributed by atoms with E-state index in [1.807, 2.05) is 0 Å². The summed E-state index contributed by atoms with van der Waals surface area (Å²) in [5.41, 5.74) is 0.501. The van der Waals surface area contributed by atoms with Crippen LogP contribution in [0.1, 0.15) is 47.5 Å². The largest absolute Gasteiger partial charge is 0.461 e. The van der Waals surface area contributed by atoms with E-state index in [9.17, 15) is 9.59 Å². The van der Waals surface area contributed by atoms with Gasteiger partial charge in [-0.2, -0.15) is 0 Å². The molecular formula is C13H18N2O3S. The summed E-state index contributed by atoms with van der Waals surface area (Å²) in [6.45, 7) is 7.82. The van der Waals surface area contributed by atoms with E-state index in [1.165, 1.54) is 0 Å². The zero-order chi connectivity index (χ0) is 14.0. The molecule has 19 heavy (non-hydrogen) atoms. The topological polar surface area (TPSA) is 59.5 Å². The summed E-state index contributed by atoms with van der Waals surface area (Å²) in [4.78, 5) is 29.6. The molecule has 0 spiro atoms. The maximum atomic E-state index is 12.2.